The van der Waals surface area contributed by atoms with E-state index in [0.29, 0.717) is 6.04 Å². The Kier molecular flexibility index (Phi) is 7.08. The second kappa shape index (κ2) is 9.09. The van der Waals surface area contributed by atoms with Gasteiger partial charge >= 0.3 is 0 Å². The number of hydrogen-bond donors (Lipinski definition) is 1. The van der Waals surface area contributed by atoms with Crippen molar-refractivity contribution in [2.45, 2.75) is 64.3 Å². The van der Waals surface area contributed by atoms with E-state index in [2.05, 4.69) is 36.5 Å². The van der Waals surface area contributed by atoms with Crippen LogP contribution in [0.15, 0.2) is 24.3 Å². The van der Waals surface area contributed by atoms with Gasteiger partial charge in [-0.2, -0.15) is 0 Å². The molecule has 1 aromatic rings. The molecule has 1 unspecified atom stereocenters. The molecule has 1 aromatic carbocycles. The monoisotopic (exact) mass is 289 g/mol. The number of methoxy groups -OCH3 is 1. The van der Waals surface area contributed by atoms with E-state index in [-0.39, 0.29) is 0 Å². The Labute approximate surface area is 130 Å². The van der Waals surface area contributed by atoms with E-state index in [4.69, 9.17) is 4.74 Å². The fourth-order valence-electron chi connectivity index (χ4n) is 3.29. The van der Waals surface area contributed by atoms with Crippen LogP contribution in [0, 0.1) is 5.92 Å². The third-order valence-electron chi connectivity index (χ3n) is 4.80. The molecule has 0 amide bonds. The Morgan fingerprint density at radius 3 is 2.52 bits per heavy atom. The first-order valence-electron chi connectivity index (χ1n) is 8.64. The molecule has 0 aliphatic heterocycles. The second-order valence-corrected chi connectivity index (χ2v) is 6.53. The van der Waals surface area contributed by atoms with E-state index >= 15 is 0 Å². The summed E-state index contributed by atoms with van der Waals surface area (Å²) in [6.07, 6.45) is 11.0. The van der Waals surface area contributed by atoms with Gasteiger partial charge in [0.05, 0.1) is 7.11 Å². The minimum atomic E-state index is 0.607. The van der Waals surface area contributed by atoms with E-state index in [0.717, 1.165) is 18.1 Å². The van der Waals surface area contributed by atoms with Gasteiger partial charge in [0.15, 0.2) is 0 Å². The van der Waals surface area contributed by atoms with Crippen molar-refractivity contribution in [2.24, 2.45) is 5.92 Å². The summed E-state index contributed by atoms with van der Waals surface area (Å²) in [7, 11) is 1.72. The lowest BCUT2D eigenvalue weighted by Crippen LogP contribution is -2.29. The Morgan fingerprint density at radius 1 is 1.14 bits per heavy atom. The van der Waals surface area contributed by atoms with Gasteiger partial charge in [-0.25, -0.2) is 0 Å². The van der Waals surface area contributed by atoms with Gasteiger partial charge in [-0.3, -0.25) is 0 Å². The van der Waals surface area contributed by atoms with E-state index in [1.54, 1.807) is 7.11 Å². The number of hydrogen-bond acceptors (Lipinski definition) is 2. The molecule has 1 fully saturated rings. The van der Waals surface area contributed by atoms with Crippen molar-refractivity contribution < 1.29 is 4.74 Å². The van der Waals surface area contributed by atoms with E-state index in [9.17, 15) is 0 Å². The molecule has 1 aliphatic rings. The van der Waals surface area contributed by atoms with E-state index in [1.165, 1.54) is 57.1 Å². The summed E-state index contributed by atoms with van der Waals surface area (Å²) >= 11 is 0. The predicted molar refractivity (Wildman–Crippen MR) is 90.0 cm³/mol. The maximum atomic E-state index is 5.19. The van der Waals surface area contributed by atoms with Gasteiger partial charge in [0.25, 0.3) is 0 Å². The highest BCUT2D eigenvalue weighted by atomic mass is 16.5. The van der Waals surface area contributed by atoms with Crippen molar-refractivity contribution in [1.82, 2.24) is 5.32 Å². The van der Waals surface area contributed by atoms with Gasteiger partial charge in [-0.15, -0.1) is 0 Å². The molecule has 2 nitrogen and oxygen atoms in total. The van der Waals surface area contributed by atoms with Crippen LogP contribution in [0.5, 0.6) is 5.75 Å². The highest BCUT2D eigenvalue weighted by molar-refractivity contribution is 5.27. The Bertz CT molecular complexity index is 381. The molecule has 1 saturated carbocycles. The standard InChI is InChI=1S/C19H31NO/c1-16(20-15-14-17-6-4-3-5-7-17)8-9-18-10-12-19(21-2)13-11-18/h10-13,16-17,20H,3-9,14-15H2,1-2H3. The number of aryl methyl sites for hydroxylation is 1. The number of benzene rings is 1. The minimum Gasteiger partial charge on any atom is -0.497 e. The van der Waals surface area contributed by atoms with Crippen molar-refractivity contribution in [3.8, 4) is 5.75 Å². The molecule has 1 atom stereocenters. The SMILES string of the molecule is COc1ccc(CCC(C)NCCC2CCCCC2)cc1. The topological polar surface area (TPSA) is 21.3 Å². The van der Waals surface area contributed by atoms with Crippen LogP contribution in [0.25, 0.3) is 0 Å². The molecule has 0 spiro atoms. The molecule has 0 saturated heterocycles. The Hall–Kier alpha value is -1.02. The first-order valence-corrected chi connectivity index (χ1v) is 8.64. The molecule has 0 radical (unpaired) electrons. The third-order valence-corrected chi connectivity index (χ3v) is 4.80. The summed E-state index contributed by atoms with van der Waals surface area (Å²) in [4.78, 5) is 0. The van der Waals surface area contributed by atoms with Crippen molar-refractivity contribution in [2.75, 3.05) is 13.7 Å². The zero-order chi connectivity index (χ0) is 14.9. The number of rotatable bonds is 8. The Balaban J connectivity index is 1.59. The van der Waals surface area contributed by atoms with Crippen LogP contribution in [0.1, 0.15) is 57.4 Å². The van der Waals surface area contributed by atoms with Crippen LogP contribution in [0.3, 0.4) is 0 Å². The van der Waals surface area contributed by atoms with Crippen molar-refractivity contribution in [3.05, 3.63) is 29.8 Å². The molecular formula is C19H31NO. The van der Waals surface area contributed by atoms with E-state index < -0.39 is 0 Å². The highest BCUT2D eigenvalue weighted by Crippen LogP contribution is 2.25. The lowest BCUT2D eigenvalue weighted by atomic mass is 9.87. The lowest BCUT2D eigenvalue weighted by Gasteiger charge is -2.22. The van der Waals surface area contributed by atoms with Crippen LogP contribution >= 0.6 is 0 Å². The summed E-state index contributed by atoms with van der Waals surface area (Å²) in [6.45, 7) is 3.50. The molecule has 2 heteroatoms. The second-order valence-electron chi connectivity index (χ2n) is 6.53. The van der Waals surface area contributed by atoms with Crippen molar-refractivity contribution >= 4 is 0 Å². The molecule has 1 N–H and O–H groups in total. The Morgan fingerprint density at radius 2 is 1.86 bits per heavy atom. The van der Waals surface area contributed by atoms with Gasteiger partial charge in [0, 0.05) is 6.04 Å². The fraction of sp³-hybridized carbons (Fsp3) is 0.684. The maximum absolute atomic E-state index is 5.19. The molecular weight excluding hydrogens is 258 g/mol. The first kappa shape index (κ1) is 16.4. The molecule has 0 bridgehead atoms. The van der Waals surface area contributed by atoms with Crippen molar-refractivity contribution in [3.63, 3.8) is 0 Å². The van der Waals surface area contributed by atoms with Crippen LogP contribution in [-0.2, 0) is 6.42 Å². The zero-order valence-electron chi connectivity index (χ0n) is 13.7. The average Bonchev–Trinajstić information content (AvgIpc) is 2.54. The molecule has 118 valence electrons. The normalized spacial score (nSPS) is 17.6. The zero-order valence-corrected chi connectivity index (χ0v) is 13.7. The smallest absolute Gasteiger partial charge is 0.118 e. The van der Waals surface area contributed by atoms with Crippen LogP contribution in [-0.4, -0.2) is 19.7 Å². The van der Waals surface area contributed by atoms with E-state index in [1.807, 2.05) is 0 Å². The van der Waals surface area contributed by atoms with Gasteiger partial charge in [0.1, 0.15) is 5.75 Å². The molecule has 21 heavy (non-hydrogen) atoms. The van der Waals surface area contributed by atoms with Gasteiger partial charge in [0.2, 0.25) is 0 Å². The summed E-state index contributed by atoms with van der Waals surface area (Å²) in [5.41, 5.74) is 1.40. The van der Waals surface area contributed by atoms with Crippen LogP contribution < -0.4 is 10.1 Å². The lowest BCUT2D eigenvalue weighted by molar-refractivity contribution is 0.327. The molecule has 0 aromatic heterocycles. The summed E-state index contributed by atoms with van der Waals surface area (Å²) in [5, 5.41) is 3.70. The fourth-order valence-corrected chi connectivity index (χ4v) is 3.29. The first-order chi connectivity index (χ1) is 10.3. The minimum absolute atomic E-state index is 0.607. The van der Waals surface area contributed by atoms with Crippen LogP contribution in [0.4, 0.5) is 0 Å². The maximum Gasteiger partial charge on any atom is 0.118 e. The van der Waals surface area contributed by atoms with Gasteiger partial charge < -0.3 is 10.1 Å². The summed E-state index contributed by atoms with van der Waals surface area (Å²) < 4.78 is 5.19. The third kappa shape index (κ3) is 6.09. The summed E-state index contributed by atoms with van der Waals surface area (Å²) in [6, 6.07) is 9.06. The van der Waals surface area contributed by atoms with Gasteiger partial charge in [-0.05, 0) is 56.3 Å². The highest BCUT2D eigenvalue weighted by Gasteiger charge is 2.13. The number of ether oxygens (including phenoxy) is 1. The van der Waals surface area contributed by atoms with Gasteiger partial charge in [-0.1, -0.05) is 44.2 Å². The largest absolute Gasteiger partial charge is 0.497 e. The summed E-state index contributed by atoms with van der Waals surface area (Å²) in [5.74, 6) is 1.93. The average molecular weight is 289 g/mol. The van der Waals surface area contributed by atoms with Crippen LogP contribution in [0.2, 0.25) is 0 Å². The molecule has 2 rings (SSSR count). The molecule has 1 aliphatic carbocycles. The van der Waals surface area contributed by atoms with Crippen molar-refractivity contribution in [1.29, 1.82) is 0 Å². The molecule has 0 heterocycles. The predicted octanol–water partition coefficient (Wildman–Crippen LogP) is 4.58. The number of nitrogens with one attached hydrogen (secondary N) is 1. The quantitative estimate of drug-likeness (QED) is 0.756.